The lowest BCUT2D eigenvalue weighted by Crippen LogP contribution is -2.49. The Bertz CT molecular complexity index is 577. The summed E-state index contributed by atoms with van der Waals surface area (Å²) in [6.07, 6.45) is 6.27. The maximum absolute atomic E-state index is 12.5. The van der Waals surface area contributed by atoms with Gasteiger partial charge >= 0.3 is 0 Å². The number of furan rings is 1. The number of hydrogen-bond donors (Lipinski definition) is 0. The number of carbonyl (C=O) groups is 2. The van der Waals surface area contributed by atoms with Crippen LogP contribution in [0.5, 0.6) is 0 Å². The van der Waals surface area contributed by atoms with Crippen molar-refractivity contribution in [1.29, 1.82) is 0 Å². The predicted molar refractivity (Wildman–Crippen MR) is 87.1 cm³/mol. The molecule has 23 heavy (non-hydrogen) atoms. The molecule has 2 aliphatic rings. The summed E-state index contributed by atoms with van der Waals surface area (Å²) in [5.74, 6) is 1.33. The van der Waals surface area contributed by atoms with Crippen molar-refractivity contribution < 1.29 is 14.0 Å². The third-order valence-electron chi connectivity index (χ3n) is 5.16. The maximum Gasteiger partial charge on any atom is 0.289 e. The lowest BCUT2D eigenvalue weighted by molar-refractivity contribution is -0.136. The monoisotopic (exact) mass is 318 g/mol. The normalized spacial score (nSPS) is 22.3. The van der Waals surface area contributed by atoms with E-state index in [9.17, 15) is 9.59 Å². The van der Waals surface area contributed by atoms with Gasteiger partial charge in [-0.1, -0.05) is 0 Å². The Morgan fingerprint density at radius 1 is 1.09 bits per heavy atom. The Morgan fingerprint density at radius 2 is 1.78 bits per heavy atom. The van der Waals surface area contributed by atoms with Crippen molar-refractivity contribution in [2.24, 2.45) is 0 Å². The summed E-state index contributed by atoms with van der Waals surface area (Å²) >= 11 is 0. The molecule has 1 aliphatic carbocycles. The molecule has 0 spiro atoms. The van der Waals surface area contributed by atoms with Crippen LogP contribution in [0.3, 0.4) is 0 Å². The van der Waals surface area contributed by atoms with E-state index in [-0.39, 0.29) is 17.9 Å². The summed E-state index contributed by atoms with van der Waals surface area (Å²) in [7, 11) is 0. The first kappa shape index (κ1) is 16.1. The number of likely N-dealkylation sites (tertiary alicyclic amines) is 1. The molecule has 0 bridgehead atoms. The second kappa shape index (κ2) is 6.77. The molecule has 126 valence electrons. The first-order valence-electron chi connectivity index (χ1n) is 8.71. The van der Waals surface area contributed by atoms with Gasteiger partial charge in [0.1, 0.15) is 5.76 Å². The number of aryl methyl sites for hydroxylation is 1. The zero-order valence-electron chi connectivity index (χ0n) is 14.1. The van der Waals surface area contributed by atoms with E-state index in [0.29, 0.717) is 18.3 Å². The minimum atomic E-state index is -0.0308. The Morgan fingerprint density at radius 3 is 2.35 bits per heavy atom. The fourth-order valence-electron chi connectivity index (χ4n) is 3.74. The molecule has 2 heterocycles. The molecule has 1 saturated carbocycles. The second-order valence-corrected chi connectivity index (χ2v) is 6.80. The van der Waals surface area contributed by atoms with Gasteiger partial charge in [-0.3, -0.25) is 9.59 Å². The zero-order valence-corrected chi connectivity index (χ0v) is 14.1. The topological polar surface area (TPSA) is 53.8 Å². The van der Waals surface area contributed by atoms with Gasteiger partial charge < -0.3 is 14.2 Å². The molecular weight excluding hydrogens is 292 g/mol. The van der Waals surface area contributed by atoms with Gasteiger partial charge in [0, 0.05) is 32.1 Å². The van der Waals surface area contributed by atoms with Crippen LogP contribution in [0.1, 0.15) is 61.8 Å². The van der Waals surface area contributed by atoms with Crippen LogP contribution in [0.4, 0.5) is 0 Å². The fourth-order valence-corrected chi connectivity index (χ4v) is 3.74. The van der Waals surface area contributed by atoms with E-state index in [0.717, 1.165) is 44.4 Å². The molecule has 0 radical (unpaired) electrons. The van der Waals surface area contributed by atoms with Gasteiger partial charge in [0.05, 0.1) is 0 Å². The summed E-state index contributed by atoms with van der Waals surface area (Å²) < 4.78 is 5.46. The molecule has 0 N–H and O–H groups in total. The van der Waals surface area contributed by atoms with Crippen LogP contribution in [-0.2, 0) is 4.79 Å². The van der Waals surface area contributed by atoms with Gasteiger partial charge in [-0.05, 0) is 57.6 Å². The summed E-state index contributed by atoms with van der Waals surface area (Å²) in [4.78, 5) is 28.6. The molecule has 2 fully saturated rings. The summed E-state index contributed by atoms with van der Waals surface area (Å²) in [5, 5.41) is 0. The van der Waals surface area contributed by atoms with Crippen LogP contribution >= 0.6 is 0 Å². The molecule has 1 atom stereocenters. The highest BCUT2D eigenvalue weighted by atomic mass is 16.3. The van der Waals surface area contributed by atoms with E-state index in [4.69, 9.17) is 4.42 Å². The van der Waals surface area contributed by atoms with E-state index < -0.39 is 0 Å². The minimum absolute atomic E-state index is 0.0308. The molecule has 5 nitrogen and oxygen atoms in total. The molecule has 3 rings (SSSR count). The quantitative estimate of drug-likeness (QED) is 0.861. The summed E-state index contributed by atoms with van der Waals surface area (Å²) in [6, 6.07) is 4.26. The Labute approximate surface area is 137 Å². The molecular formula is C18H26N2O3. The summed E-state index contributed by atoms with van der Waals surface area (Å²) in [5.41, 5.74) is 0. The van der Waals surface area contributed by atoms with E-state index >= 15 is 0 Å². The van der Waals surface area contributed by atoms with Crippen molar-refractivity contribution in [2.75, 3.05) is 13.1 Å². The van der Waals surface area contributed by atoms with Crippen molar-refractivity contribution in [3.05, 3.63) is 23.7 Å². The second-order valence-electron chi connectivity index (χ2n) is 6.80. The van der Waals surface area contributed by atoms with E-state index in [1.54, 1.807) is 13.0 Å². The van der Waals surface area contributed by atoms with Crippen molar-refractivity contribution >= 4 is 11.8 Å². The van der Waals surface area contributed by atoms with Crippen LogP contribution in [0, 0.1) is 6.92 Å². The van der Waals surface area contributed by atoms with Crippen LogP contribution in [0.2, 0.25) is 0 Å². The molecule has 1 aromatic heterocycles. The van der Waals surface area contributed by atoms with Gasteiger partial charge in [-0.2, -0.15) is 0 Å². The third kappa shape index (κ3) is 3.43. The smallest absolute Gasteiger partial charge is 0.289 e. The van der Waals surface area contributed by atoms with Crippen molar-refractivity contribution in [3.63, 3.8) is 0 Å². The SMILES string of the molecule is CC(=O)N(C1CCC1)C1CCCN(C(=O)c2ccc(C)o2)CC1. The van der Waals surface area contributed by atoms with E-state index in [2.05, 4.69) is 4.90 Å². The number of nitrogens with zero attached hydrogens (tertiary/aromatic N) is 2. The van der Waals surface area contributed by atoms with Crippen LogP contribution in [0.15, 0.2) is 16.5 Å². The first-order valence-corrected chi connectivity index (χ1v) is 8.71. The highest BCUT2D eigenvalue weighted by Crippen LogP contribution is 2.30. The van der Waals surface area contributed by atoms with Gasteiger partial charge in [0.15, 0.2) is 5.76 Å². The van der Waals surface area contributed by atoms with Crippen LogP contribution in [-0.4, -0.2) is 46.8 Å². The van der Waals surface area contributed by atoms with Crippen molar-refractivity contribution in [1.82, 2.24) is 9.80 Å². The van der Waals surface area contributed by atoms with Crippen LogP contribution in [0.25, 0.3) is 0 Å². The molecule has 1 aromatic rings. The van der Waals surface area contributed by atoms with Gasteiger partial charge in [0.25, 0.3) is 5.91 Å². The van der Waals surface area contributed by atoms with E-state index in [1.807, 2.05) is 17.9 Å². The van der Waals surface area contributed by atoms with Gasteiger partial charge in [0.2, 0.25) is 5.91 Å². The maximum atomic E-state index is 12.5. The minimum Gasteiger partial charge on any atom is -0.456 e. The lowest BCUT2D eigenvalue weighted by atomic mass is 9.89. The number of hydrogen-bond acceptors (Lipinski definition) is 3. The highest BCUT2D eigenvalue weighted by molar-refractivity contribution is 5.91. The third-order valence-corrected chi connectivity index (χ3v) is 5.16. The Balaban J connectivity index is 1.64. The number of amides is 2. The largest absolute Gasteiger partial charge is 0.456 e. The van der Waals surface area contributed by atoms with E-state index in [1.165, 1.54) is 6.42 Å². The van der Waals surface area contributed by atoms with Gasteiger partial charge in [-0.25, -0.2) is 0 Å². The molecule has 5 heteroatoms. The van der Waals surface area contributed by atoms with Crippen molar-refractivity contribution in [2.45, 2.75) is 64.5 Å². The van der Waals surface area contributed by atoms with Gasteiger partial charge in [-0.15, -0.1) is 0 Å². The molecule has 1 unspecified atom stereocenters. The average molecular weight is 318 g/mol. The first-order chi connectivity index (χ1) is 11.1. The standard InChI is InChI=1S/C18H26N2O3/c1-13-8-9-17(23-13)18(22)19-11-4-7-16(10-12-19)20(14(2)21)15-5-3-6-15/h8-9,15-16H,3-7,10-12H2,1-2H3. The lowest BCUT2D eigenvalue weighted by Gasteiger charge is -2.42. The Kier molecular flexibility index (Phi) is 4.74. The molecule has 2 amide bonds. The van der Waals surface area contributed by atoms with Crippen molar-refractivity contribution in [3.8, 4) is 0 Å². The highest BCUT2D eigenvalue weighted by Gasteiger charge is 2.34. The number of carbonyl (C=O) groups excluding carboxylic acids is 2. The molecule has 1 saturated heterocycles. The average Bonchev–Trinajstić information content (AvgIpc) is 2.76. The Hall–Kier alpha value is -1.78. The molecule has 0 aromatic carbocycles. The zero-order chi connectivity index (χ0) is 16.4. The molecule has 1 aliphatic heterocycles. The fraction of sp³-hybridized carbons (Fsp3) is 0.667. The van der Waals surface area contributed by atoms with Crippen LogP contribution < -0.4 is 0 Å². The number of rotatable bonds is 3. The predicted octanol–water partition coefficient (Wildman–Crippen LogP) is 2.98. The summed E-state index contributed by atoms with van der Waals surface area (Å²) in [6.45, 7) is 4.96.